The van der Waals surface area contributed by atoms with Crippen molar-refractivity contribution in [2.24, 2.45) is 0 Å². The molecule has 7 heteroatoms. The van der Waals surface area contributed by atoms with Gasteiger partial charge in [-0.1, -0.05) is 0 Å². The van der Waals surface area contributed by atoms with Gasteiger partial charge in [0.2, 0.25) is 11.8 Å². The van der Waals surface area contributed by atoms with E-state index >= 15 is 0 Å². The second-order valence-corrected chi connectivity index (χ2v) is 3.85. The van der Waals surface area contributed by atoms with Gasteiger partial charge < -0.3 is 10.2 Å². The number of aromatic nitrogens is 4. The summed E-state index contributed by atoms with van der Waals surface area (Å²) < 4.78 is 5.22. The summed E-state index contributed by atoms with van der Waals surface area (Å²) in [6.07, 6.45) is 1.66. The number of nitrogen functional groups attached to an aromatic ring is 1. The minimum Gasteiger partial charge on any atom is -0.416 e. The van der Waals surface area contributed by atoms with Crippen LogP contribution in [0.3, 0.4) is 0 Å². The molecule has 0 aliphatic carbocycles. The Kier molecular flexibility index (Phi) is 2.55. The molecule has 0 unspecified atom stereocenters. The molecule has 0 saturated carbocycles. The van der Waals surface area contributed by atoms with Gasteiger partial charge in [-0.25, -0.2) is 9.97 Å². The highest BCUT2D eigenvalue weighted by molar-refractivity contribution is 7.99. The van der Waals surface area contributed by atoms with E-state index in [1.54, 1.807) is 13.1 Å². The van der Waals surface area contributed by atoms with Crippen LogP contribution in [0, 0.1) is 13.8 Å². The van der Waals surface area contributed by atoms with Gasteiger partial charge in [0.05, 0.1) is 0 Å². The monoisotopic (exact) mass is 223 g/mol. The third-order valence-electron chi connectivity index (χ3n) is 1.64. The van der Waals surface area contributed by atoms with Crippen LogP contribution in [0.15, 0.2) is 20.9 Å². The molecule has 0 bridgehead atoms. The number of nitrogens with zero attached hydrogens (tertiary/aromatic N) is 4. The molecule has 0 aliphatic rings. The van der Waals surface area contributed by atoms with Crippen LogP contribution < -0.4 is 5.73 Å². The van der Waals surface area contributed by atoms with E-state index in [1.807, 2.05) is 6.92 Å². The van der Waals surface area contributed by atoms with Crippen LogP contribution in [0.1, 0.15) is 11.5 Å². The van der Waals surface area contributed by atoms with Crippen molar-refractivity contribution in [3.63, 3.8) is 0 Å². The maximum Gasteiger partial charge on any atom is 0.282 e. The van der Waals surface area contributed by atoms with E-state index < -0.39 is 0 Å². The number of rotatable bonds is 2. The Morgan fingerprint density at radius 2 is 2.13 bits per heavy atom. The highest BCUT2D eigenvalue weighted by Gasteiger charge is 2.09. The Balaban J connectivity index is 2.27. The fraction of sp³-hybridized carbons (Fsp3) is 0.250. The summed E-state index contributed by atoms with van der Waals surface area (Å²) in [4.78, 5) is 7.95. The molecule has 0 amide bonds. The lowest BCUT2D eigenvalue weighted by Crippen LogP contribution is -1.97. The largest absolute Gasteiger partial charge is 0.416 e. The Labute approximate surface area is 90.3 Å². The van der Waals surface area contributed by atoms with E-state index in [0.29, 0.717) is 11.1 Å². The van der Waals surface area contributed by atoms with E-state index in [4.69, 9.17) is 10.2 Å². The summed E-state index contributed by atoms with van der Waals surface area (Å²) in [6.45, 7) is 3.63. The molecule has 0 aromatic carbocycles. The van der Waals surface area contributed by atoms with Gasteiger partial charge in [0.25, 0.3) is 5.22 Å². The summed E-state index contributed by atoms with van der Waals surface area (Å²) >= 11 is 1.28. The molecule has 2 heterocycles. The first-order valence-corrected chi connectivity index (χ1v) is 5.04. The lowest BCUT2D eigenvalue weighted by atomic mass is 10.4. The fourth-order valence-corrected chi connectivity index (χ4v) is 1.71. The normalized spacial score (nSPS) is 10.5. The molecule has 0 spiro atoms. The number of hydrogen-bond donors (Lipinski definition) is 1. The number of hydrogen-bond acceptors (Lipinski definition) is 7. The standard InChI is InChI=1S/C8H9N5OS/c1-4-3-10-7(9)11-6(4)15-8-13-12-5(2)14-8/h3H,1-2H3,(H2,9,10,11). The van der Waals surface area contributed by atoms with Gasteiger partial charge in [0.15, 0.2) is 0 Å². The van der Waals surface area contributed by atoms with E-state index in [2.05, 4.69) is 20.2 Å². The van der Waals surface area contributed by atoms with Crippen molar-refractivity contribution in [2.45, 2.75) is 24.1 Å². The zero-order valence-electron chi connectivity index (χ0n) is 8.26. The maximum absolute atomic E-state index is 5.48. The lowest BCUT2D eigenvalue weighted by molar-refractivity contribution is 0.429. The summed E-state index contributed by atoms with van der Waals surface area (Å²) in [5, 5.41) is 8.76. The van der Waals surface area contributed by atoms with Gasteiger partial charge in [-0.15, -0.1) is 10.2 Å². The Morgan fingerprint density at radius 1 is 1.33 bits per heavy atom. The van der Waals surface area contributed by atoms with Crippen LogP contribution in [0.4, 0.5) is 5.95 Å². The smallest absolute Gasteiger partial charge is 0.282 e. The van der Waals surface area contributed by atoms with Gasteiger partial charge in [0, 0.05) is 18.7 Å². The predicted octanol–water partition coefficient (Wildman–Crippen LogP) is 1.21. The first-order chi connectivity index (χ1) is 7.15. The topological polar surface area (TPSA) is 90.7 Å². The third kappa shape index (κ3) is 2.24. The second kappa shape index (κ2) is 3.85. The SMILES string of the molecule is Cc1nnc(Sc2nc(N)ncc2C)o1. The van der Waals surface area contributed by atoms with Crippen molar-refractivity contribution in [3.05, 3.63) is 17.7 Å². The average Bonchev–Trinajstić information content (AvgIpc) is 2.58. The summed E-state index contributed by atoms with van der Waals surface area (Å²) in [5.41, 5.74) is 6.41. The highest BCUT2D eigenvalue weighted by atomic mass is 32.2. The fourth-order valence-electron chi connectivity index (χ4n) is 0.945. The first-order valence-electron chi connectivity index (χ1n) is 4.22. The molecule has 0 atom stereocenters. The van der Waals surface area contributed by atoms with Gasteiger partial charge in [0.1, 0.15) is 5.03 Å². The molecule has 0 radical (unpaired) electrons. The van der Waals surface area contributed by atoms with E-state index in [1.165, 1.54) is 11.8 Å². The molecule has 2 N–H and O–H groups in total. The molecule has 0 aliphatic heterocycles. The maximum atomic E-state index is 5.48. The minimum atomic E-state index is 0.235. The van der Waals surface area contributed by atoms with E-state index in [-0.39, 0.29) is 5.95 Å². The first kappa shape index (κ1) is 9.91. The van der Waals surface area contributed by atoms with Crippen LogP contribution in [-0.2, 0) is 0 Å². The zero-order chi connectivity index (χ0) is 10.8. The molecule has 6 nitrogen and oxygen atoms in total. The Hall–Kier alpha value is -1.63. The Morgan fingerprint density at radius 3 is 2.80 bits per heavy atom. The summed E-state index contributed by atoms with van der Waals surface area (Å²) in [7, 11) is 0. The summed E-state index contributed by atoms with van der Waals surface area (Å²) in [6, 6.07) is 0. The van der Waals surface area contributed by atoms with Crippen LogP contribution >= 0.6 is 11.8 Å². The van der Waals surface area contributed by atoms with E-state index in [9.17, 15) is 0 Å². The lowest BCUT2D eigenvalue weighted by Gasteiger charge is -2.00. The van der Waals surface area contributed by atoms with Crippen LogP contribution in [0.5, 0.6) is 0 Å². The van der Waals surface area contributed by atoms with Crippen molar-refractivity contribution in [1.82, 2.24) is 20.2 Å². The van der Waals surface area contributed by atoms with Gasteiger partial charge in [-0.05, 0) is 18.7 Å². The molecule has 2 aromatic rings. The molecular formula is C8H9N5OS. The van der Waals surface area contributed by atoms with E-state index in [0.717, 1.165) is 10.6 Å². The van der Waals surface area contributed by atoms with Crippen molar-refractivity contribution in [3.8, 4) is 0 Å². The van der Waals surface area contributed by atoms with Gasteiger partial charge in [-0.3, -0.25) is 0 Å². The highest BCUT2D eigenvalue weighted by Crippen LogP contribution is 2.27. The predicted molar refractivity (Wildman–Crippen MR) is 54.3 cm³/mol. The molecular weight excluding hydrogens is 214 g/mol. The van der Waals surface area contributed by atoms with Crippen LogP contribution in [-0.4, -0.2) is 20.2 Å². The minimum absolute atomic E-state index is 0.235. The van der Waals surface area contributed by atoms with Gasteiger partial charge >= 0.3 is 0 Å². The van der Waals surface area contributed by atoms with Crippen LogP contribution in [0.25, 0.3) is 0 Å². The zero-order valence-corrected chi connectivity index (χ0v) is 9.08. The van der Waals surface area contributed by atoms with Gasteiger partial charge in [-0.2, -0.15) is 0 Å². The van der Waals surface area contributed by atoms with Crippen LogP contribution in [0.2, 0.25) is 0 Å². The molecule has 0 fully saturated rings. The molecule has 2 aromatic heterocycles. The average molecular weight is 223 g/mol. The van der Waals surface area contributed by atoms with Crippen molar-refractivity contribution >= 4 is 17.7 Å². The Bertz CT molecular complexity index is 484. The second-order valence-electron chi connectivity index (χ2n) is 2.91. The molecule has 2 rings (SSSR count). The number of anilines is 1. The quantitative estimate of drug-likeness (QED) is 0.765. The molecule has 78 valence electrons. The summed E-state index contributed by atoms with van der Waals surface area (Å²) in [5.74, 6) is 0.761. The molecule has 15 heavy (non-hydrogen) atoms. The molecule has 0 saturated heterocycles. The van der Waals surface area contributed by atoms with Crippen molar-refractivity contribution in [2.75, 3.05) is 5.73 Å². The van der Waals surface area contributed by atoms with Crippen molar-refractivity contribution < 1.29 is 4.42 Å². The third-order valence-corrected chi connectivity index (χ3v) is 2.58. The van der Waals surface area contributed by atoms with Crippen molar-refractivity contribution in [1.29, 1.82) is 0 Å². The number of aryl methyl sites for hydroxylation is 2. The number of nitrogens with two attached hydrogens (primary N) is 1.